The third kappa shape index (κ3) is 9.28. The van der Waals surface area contributed by atoms with Crippen molar-refractivity contribution in [3.8, 4) is 0 Å². The van der Waals surface area contributed by atoms with E-state index in [-0.39, 0.29) is 70.9 Å². The van der Waals surface area contributed by atoms with E-state index in [1.165, 1.54) is 0 Å². The second-order valence-corrected chi connectivity index (χ2v) is 6.91. The van der Waals surface area contributed by atoms with Crippen LogP contribution in [0.25, 0.3) is 0 Å². The van der Waals surface area contributed by atoms with Crippen molar-refractivity contribution < 1.29 is 161 Å². The van der Waals surface area contributed by atoms with E-state index in [0.717, 1.165) is 0 Å². The molecule has 0 aromatic carbocycles. The quantitative estimate of drug-likeness (QED) is 0.0736. The van der Waals surface area contributed by atoms with E-state index in [4.69, 9.17) is 56.2 Å². The second-order valence-electron chi connectivity index (χ2n) is 6.91. The van der Waals surface area contributed by atoms with E-state index in [1.54, 1.807) is 0 Å². The van der Waals surface area contributed by atoms with Crippen LogP contribution < -0.4 is 56.5 Å². The maximum absolute atomic E-state index is 10.8. The maximum atomic E-state index is 10.8. The molecule has 6 atom stereocenters. The molecule has 0 aromatic heterocycles. The van der Waals surface area contributed by atoms with Gasteiger partial charge in [0.1, 0.15) is 24.4 Å². The number of aliphatic hydroxyl groups excluding tert-OH is 11. The number of hydrogen-bond acceptors (Lipinski definition) is 18. The number of cyclic esters (lactones) is 3. The molecule has 0 spiro atoms. The van der Waals surface area contributed by atoms with Crippen molar-refractivity contribution in [3.63, 3.8) is 0 Å². The zero-order valence-corrected chi connectivity index (χ0v) is 25.7. The van der Waals surface area contributed by atoms with E-state index in [2.05, 4.69) is 14.2 Å². The first kappa shape index (κ1) is 38.6. The average molecular weight is 632 g/mol. The minimum atomic E-state index is -1.48. The minimum Gasteiger partial charge on any atom is -0.870 e. The number of hydrogen-bond donors (Lipinski definition) is 11. The van der Waals surface area contributed by atoms with Crippen molar-refractivity contribution in [3.05, 3.63) is 34.6 Å². The summed E-state index contributed by atoms with van der Waals surface area (Å²) in [6.45, 7) is -2.05. The normalized spacial score (nSPS) is 24.5. The fourth-order valence-electron chi connectivity index (χ4n) is 2.45. The first-order valence-electron chi connectivity index (χ1n) is 9.57. The Balaban J connectivity index is 0. The number of rotatable bonds is 6. The van der Waals surface area contributed by atoms with E-state index in [9.17, 15) is 19.5 Å². The molecule has 0 fully saturated rings. The molecule has 0 bridgehead atoms. The van der Waals surface area contributed by atoms with Crippen LogP contribution in [0.3, 0.4) is 0 Å². The van der Waals surface area contributed by atoms with Gasteiger partial charge in [-0.15, -0.1) is 0 Å². The van der Waals surface area contributed by atoms with Crippen LogP contribution in [-0.4, -0.2) is 131 Å². The zero-order valence-electron chi connectivity index (χ0n) is 19.6. The van der Waals surface area contributed by atoms with Gasteiger partial charge in [0, 0.05) is 19.5 Å². The summed E-state index contributed by atoms with van der Waals surface area (Å²) < 4.78 is 12.9. The van der Waals surface area contributed by atoms with Crippen LogP contribution >= 0.6 is 0 Å². The van der Waals surface area contributed by atoms with E-state index >= 15 is 0 Å². The van der Waals surface area contributed by atoms with Crippen LogP contribution in [0.15, 0.2) is 34.6 Å². The Kier molecular flexibility index (Phi) is 17.5. The largest absolute Gasteiger partial charge is 1.00 e. The molecule has 0 radical (unpaired) electrons. The molecule has 3 aliphatic heterocycles. The zero-order chi connectivity index (χ0) is 27.9. The predicted molar refractivity (Wildman–Crippen MR) is 103 cm³/mol. The third-order valence-electron chi connectivity index (χ3n) is 4.41. The molecule has 38 heavy (non-hydrogen) atoms. The molecule has 11 N–H and O–H groups in total. The van der Waals surface area contributed by atoms with Gasteiger partial charge in [-0.3, -0.25) is 0 Å². The Hall–Kier alpha value is -1.55. The van der Waals surface area contributed by atoms with Crippen LogP contribution in [0.2, 0.25) is 0 Å². The van der Waals surface area contributed by atoms with Gasteiger partial charge in [-0.25, -0.2) is 14.4 Å². The second kappa shape index (κ2) is 17.2. The molecule has 3 rings (SSSR count). The van der Waals surface area contributed by atoms with Crippen molar-refractivity contribution in [1.29, 1.82) is 0 Å². The smallest absolute Gasteiger partial charge is 0.870 e. The number of ether oxygens (including phenoxy) is 3. The molecule has 206 valence electrons. The number of aliphatic hydroxyl groups is 11. The molecule has 20 heteroatoms. The van der Waals surface area contributed by atoms with Gasteiger partial charge in [0.2, 0.25) is 11.5 Å². The summed E-state index contributed by atoms with van der Waals surface area (Å²) in [5, 5.41) is 107. The molecule has 0 aliphatic carbocycles. The van der Waals surface area contributed by atoms with Crippen molar-refractivity contribution in [2.24, 2.45) is 0 Å². The molecular weight excluding hydrogens is 609 g/mol. The van der Waals surface area contributed by atoms with Crippen LogP contribution in [-0.2, 0) is 48.1 Å². The molecule has 3 aliphatic rings. The van der Waals surface area contributed by atoms with Crippen molar-refractivity contribution in [2.75, 3.05) is 19.8 Å². The van der Waals surface area contributed by atoms with Gasteiger partial charge in [-0.05, 0) is 5.76 Å². The minimum absolute atomic E-state index is 0. The van der Waals surface area contributed by atoms with Crippen molar-refractivity contribution >= 4 is 17.9 Å². The number of carbonyl (C=O) groups is 3. The summed E-state index contributed by atoms with van der Waals surface area (Å²) in [6.07, 6.45) is -8.50. The predicted octanol–water partition coefficient (Wildman–Crippen LogP) is -8.42. The number of esters is 3. The Morgan fingerprint density at radius 3 is 1.08 bits per heavy atom. The molecule has 18 nitrogen and oxygen atoms in total. The van der Waals surface area contributed by atoms with Gasteiger partial charge >= 0.3 is 69.3 Å². The summed E-state index contributed by atoms with van der Waals surface area (Å²) in [5.41, 5.74) is 0. The summed E-state index contributed by atoms with van der Waals surface area (Å²) >= 11 is 0. The standard InChI is InChI=1S/3C6H8O6.K.Zn/c3*7-1-2(8)5-3(9)4(10)6(11)12-5;;/h3*2,5,7-10H,1H2;;/q;;;+1;/p-1/t3*2-,5+;;/m000../s1. The van der Waals surface area contributed by atoms with Crippen molar-refractivity contribution in [2.45, 2.75) is 36.6 Å². The van der Waals surface area contributed by atoms with E-state index < -0.39 is 109 Å². The molecule has 0 saturated carbocycles. The van der Waals surface area contributed by atoms with Crippen molar-refractivity contribution in [1.82, 2.24) is 0 Å². The monoisotopic (exact) mass is 630 g/mol. The van der Waals surface area contributed by atoms with Crippen LogP contribution in [0.4, 0.5) is 0 Å². The van der Waals surface area contributed by atoms with E-state index in [0.29, 0.717) is 0 Å². The first-order chi connectivity index (χ1) is 16.7. The fourth-order valence-corrected chi connectivity index (χ4v) is 2.45. The summed E-state index contributed by atoms with van der Waals surface area (Å²) in [4.78, 5) is 31.6. The molecule has 0 unspecified atom stereocenters. The topological polar surface area (TPSA) is 324 Å². The molecule has 0 saturated heterocycles. The van der Waals surface area contributed by atoms with Crippen LogP contribution in [0.1, 0.15) is 0 Å². The Labute approximate surface area is 267 Å². The van der Waals surface area contributed by atoms with Gasteiger partial charge < -0.3 is 75.5 Å². The average Bonchev–Trinajstić information content (AvgIpc) is 3.40. The van der Waals surface area contributed by atoms with Gasteiger partial charge in [-0.1, -0.05) is 0 Å². The Bertz CT molecular complexity index is 829. The molecule has 3 heterocycles. The summed E-state index contributed by atoms with van der Waals surface area (Å²) in [6, 6.07) is 0. The summed E-state index contributed by atoms with van der Waals surface area (Å²) in [7, 11) is 0. The van der Waals surface area contributed by atoms with E-state index in [1.807, 2.05) is 0 Å². The first-order valence-corrected chi connectivity index (χ1v) is 9.57. The van der Waals surface area contributed by atoms with Gasteiger partial charge in [0.15, 0.2) is 29.5 Å². The molecular formula is C18H23KO18Zn. The summed E-state index contributed by atoms with van der Waals surface area (Å²) in [5.74, 6) is -8.76. The fraction of sp³-hybridized carbons (Fsp3) is 0.500. The van der Waals surface area contributed by atoms with Crippen LogP contribution in [0, 0.1) is 0 Å². The van der Waals surface area contributed by atoms with Gasteiger partial charge in [0.05, 0.1) is 19.8 Å². The molecule has 0 amide bonds. The number of carbonyl (C=O) groups excluding carboxylic acids is 3. The molecule has 0 aromatic rings. The Morgan fingerprint density at radius 2 is 0.868 bits per heavy atom. The van der Waals surface area contributed by atoms with Crippen LogP contribution in [0.5, 0.6) is 0 Å². The Morgan fingerprint density at radius 1 is 0.605 bits per heavy atom. The van der Waals surface area contributed by atoms with Gasteiger partial charge in [0.25, 0.3) is 0 Å². The third-order valence-corrected chi connectivity index (χ3v) is 4.41. The van der Waals surface area contributed by atoms with Gasteiger partial charge in [-0.2, -0.15) is 0 Å². The SMILES string of the molecule is O=C1O[C@H]([C@@H](O)CO)C(O)=C1O.O=C1O[C@H]([C@@H](O)CO)C(O)=C1O.O=C1O[C@H]([C@@H](O)CO)C([O-])=C1O.[K+].[Zn]. The maximum Gasteiger partial charge on any atom is 1.00 e.